The molecule has 0 radical (unpaired) electrons. The minimum Gasteiger partial charge on any atom is -0.492 e. The van der Waals surface area contributed by atoms with Gasteiger partial charge in [0.15, 0.2) is 0 Å². The van der Waals surface area contributed by atoms with Gasteiger partial charge in [-0.1, -0.05) is 29.3 Å². The van der Waals surface area contributed by atoms with Gasteiger partial charge in [-0.3, -0.25) is 0 Å². The molecule has 1 N–H and O–H groups in total. The molecule has 0 fully saturated rings. The van der Waals surface area contributed by atoms with E-state index in [2.05, 4.69) is 5.32 Å². The van der Waals surface area contributed by atoms with Gasteiger partial charge in [0, 0.05) is 11.6 Å². The molecule has 2 rings (SSSR count). The lowest BCUT2D eigenvalue weighted by atomic mass is 10.2. The van der Waals surface area contributed by atoms with E-state index in [4.69, 9.17) is 27.9 Å². The van der Waals surface area contributed by atoms with Crippen LogP contribution in [0.1, 0.15) is 12.5 Å². The van der Waals surface area contributed by atoms with Crippen molar-refractivity contribution in [1.82, 2.24) is 0 Å². The van der Waals surface area contributed by atoms with Crippen molar-refractivity contribution in [3.8, 4) is 5.75 Å². The van der Waals surface area contributed by atoms with Crippen LogP contribution in [0, 0.1) is 5.82 Å². The summed E-state index contributed by atoms with van der Waals surface area (Å²) in [6, 6.07) is 10.0. The van der Waals surface area contributed by atoms with Gasteiger partial charge in [-0.05, 0) is 42.8 Å². The van der Waals surface area contributed by atoms with Crippen molar-refractivity contribution in [2.75, 3.05) is 11.9 Å². The number of hydrogen-bond acceptors (Lipinski definition) is 2. The number of nitrogens with one attached hydrogen (secondary N) is 1. The molecular weight excluding hydrogens is 300 g/mol. The number of ether oxygens (including phenoxy) is 1. The van der Waals surface area contributed by atoms with E-state index >= 15 is 0 Å². The average Bonchev–Trinajstić information content (AvgIpc) is 2.43. The van der Waals surface area contributed by atoms with Crippen LogP contribution in [0.4, 0.5) is 10.1 Å². The van der Waals surface area contributed by atoms with Crippen molar-refractivity contribution >= 4 is 28.9 Å². The summed E-state index contributed by atoms with van der Waals surface area (Å²) in [7, 11) is 0. The molecule has 5 heteroatoms. The summed E-state index contributed by atoms with van der Waals surface area (Å²) < 4.78 is 18.9. The molecule has 2 aromatic rings. The Morgan fingerprint density at radius 3 is 2.65 bits per heavy atom. The Morgan fingerprint density at radius 1 is 1.15 bits per heavy atom. The molecule has 0 amide bonds. The summed E-state index contributed by atoms with van der Waals surface area (Å²) in [6.45, 7) is 2.92. The van der Waals surface area contributed by atoms with Gasteiger partial charge in [0.25, 0.3) is 0 Å². The molecular formula is C15H14Cl2FNO. The Hall–Kier alpha value is -1.45. The number of rotatable bonds is 5. The molecule has 2 aromatic carbocycles. The summed E-state index contributed by atoms with van der Waals surface area (Å²) in [4.78, 5) is 0. The van der Waals surface area contributed by atoms with E-state index in [-0.39, 0.29) is 5.02 Å². The second-order valence-electron chi connectivity index (χ2n) is 4.18. The van der Waals surface area contributed by atoms with Gasteiger partial charge in [-0.15, -0.1) is 0 Å². The molecule has 0 aliphatic rings. The smallest absolute Gasteiger partial charge is 0.142 e. The minimum absolute atomic E-state index is 0.117. The molecule has 0 saturated heterocycles. The molecule has 0 aromatic heterocycles. The third-order valence-electron chi connectivity index (χ3n) is 2.71. The van der Waals surface area contributed by atoms with Gasteiger partial charge in [0.1, 0.15) is 11.6 Å². The summed E-state index contributed by atoms with van der Waals surface area (Å²) in [5.74, 6) is 0.286. The molecule has 0 atom stereocenters. The number of halogens is 3. The molecule has 2 nitrogen and oxygen atoms in total. The Morgan fingerprint density at radius 2 is 1.95 bits per heavy atom. The summed E-state index contributed by atoms with van der Waals surface area (Å²) >= 11 is 11.6. The Labute approximate surface area is 127 Å². The van der Waals surface area contributed by atoms with Crippen LogP contribution in [0.5, 0.6) is 5.75 Å². The Kier molecular flexibility index (Phi) is 5.10. The Balaban J connectivity index is 2.13. The van der Waals surface area contributed by atoms with E-state index in [1.165, 1.54) is 12.1 Å². The largest absolute Gasteiger partial charge is 0.492 e. The van der Waals surface area contributed by atoms with Gasteiger partial charge >= 0.3 is 0 Å². The fourth-order valence-corrected chi connectivity index (χ4v) is 2.06. The summed E-state index contributed by atoms with van der Waals surface area (Å²) in [6.07, 6.45) is 0. The zero-order valence-electron chi connectivity index (χ0n) is 10.9. The first-order valence-corrected chi connectivity index (χ1v) is 6.96. The zero-order valence-corrected chi connectivity index (χ0v) is 12.4. The van der Waals surface area contributed by atoms with Gasteiger partial charge in [-0.25, -0.2) is 4.39 Å². The first-order valence-electron chi connectivity index (χ1n) is 6.20. The van der Waals surface area contributed by atoms with E-state index in [9.17, 15) is 4.39 Å². The minimum atomic E-state index is -0.429. The lowest BCUT2D eigenvalue weighted by molar-refractivity contribution is 0.341. The monoisotopic (exact) mass is 313 g/mol. The van der Waals surface area contributed by atoms with Crippen molar-refractivity contribution in [3.63, 3.8) is 0 Å². The van der Waals surface area contributed by atoms with Crippen LogP contribution < -0.4 is 10.1 Å². The molecule has 0 bridgehead atoms. The summed E-state index contributed by atoms with van der Waals surface area (Å²) in [5.41, 5.74) is 1.56. The molecule has 0 aliphatic carbocycles. The quantitative estimate of drug-likeness (QED) is 0.824. The molecule has 0 saturated carbocycles. The van der Waals surface area contributed by atoms with Gasteiger partial charge < -0.3 is 10.1 Å². The van der Waals surface area contributed by atoms with Crippen molar-refractivity contribution in [2.45, 2.75) is 13.5 Å². The van der Waals surface area contributed by atoms with Crippen molar-refractivity contribution in [2.24, 2.45) is 0 Å². The molecule has 106 valence electrons. The third-order valence-corrected chi connectivity index (χ3v) is 3.25. The highest BCUT2D eigenvalue weighted by atomic mass is 35.5. The fraction of sp³-hybridized carbons (Fsp3) is 0.200. The molecule has 0 aliphatic heterocycles. The summed E-state index contributed by atoms with van der Waals surface area (Å²) in [5, 5.41) is 3.91. The fourth-order valence-electron chi connectivity index (χ4n) is 1.77. The van der Waals surface area contributed by atoms with Crippen LogP contribution >= 0.6 is 23.2 Å². The average molecular weight is 314 g/mol. The normalized spacial score (nSPS) is 10.4. The topological polar surface area (TPSA) is 21.3 Å². The molecule has 0 unspecified atom stereocenters. The van der Waals surface area contributed by atoms with Crippen LogP contribution in [-0.4, -0.2) is 6.61 Å². The number of anilines is 1. The predicted octanol–water partition coefficient (Wildman–Crippen LogP) is 5.14. The highest BCUT2D eigenvalue weighted by molar-refractivity contribution is 6.31. The second kappa shape index (κ2) is 6.82. The van der Waals surface area contributed by atoms with Crippen LogP contribution in [0.2, 0.25) is 10.0 Å². The zero-order chi connectivity index (χ0) is 14.5. The standard InChI is InChI=1S/C15H14Cl2FNO/c1-2-20-15-6-4-11(16)8-14(15)19-9-10-3-5-12(17)13(18)7-10/h3-8,19H,2,9H2,1H3. The maximum Gasteiger partial charge on any atom is 0.142 e. The van der Waals surface area contributed by atoms with E-state index in [1.807, 2.05) is 6.92 Å². The van der Waals surface area contributed by atoms with Gasteiger partial charge in [-0.2, -0.15) is 0 Å². The van der Waals surface area contributed by atoms with Crippen LogP contribution in [0.25, 0.3) is 0 Å². The lowest BCUT2D eigenvalue weighted by Crippen LogP contribution is -2.03. The lowest BCUT2D eigenvalue weighted by Gasteiger charge is -2.13. The maximum atomic E-state index is 13.4. The second-order valence-corrected chi connectivity index (χ2v) is 5.02. The highest BCUT2D eigenvalue weighted by Gasteiger charge is 2.06. The predicted molar refractivity (Wildman–Crippen MR) is 81.4 cm³/mol. The van der Waals surface area contributed by atoms with E-state index in [0.29, 0.717) is 23.9 Å². The first kappa shape index (κ1) is 14.9. The van der Waals surface area contributed by atoms with Crippen LogP contribution in [-0.2, 0) is 6.54 Å². The van der Waals surface area contributed by atoms with Gasteiger partial charge in [0.2, 0.25) is 0 Å². The SMILES string of the molecule is CCOc1ccc(Cl)cc1NCc1ccc(Cl)c(F)c1. The molecule has 20 heavy (non-hydrogen) atoms. The number of hydrogen-bond donors (Lipinski definition) is 1. The first-order chi connectivity index (χ1) is 9.60. The third kappa shape index (κ3) is 3.78. The van der Waals surface area contributed by atoms with Gasteiger partial charge in [0.05, 0.1) is 17.3 Å². The van der Waals surface area contributed by atoms with E-state index in [1.54, 1.807) is 24.3 Å². The maximum absolute atomic E-state index is 13.4. The Bertz CT molecular complexity index is 604. The molecule has 0 spiro atoms. The van der Waals surface area contributed by atoms with E-state index in [0.717, 1.165) is 11.3 Å². The highest BCUT2D eigenvalue weighted by Crippen LogP contribution is 2.28. The van der Waals surface area contributed by atoms with Crippen LogP contribution in [0.3, 0.4) is 0 Å². The molecule has 0 heterocycles. The van der Waals surface area contributed by atoms with Crippen molar-refractivity contribution < 1.29 is 9.13 Å². The van der Waals surface area contributed by atoms with Crippen molar-refractivity contribution in [1.29, 1.82) is 0 Å². The van der Waals surface area contributed by atoms with Crippen molar-refractivity contribution in [3.05, 3.63) is 57.8 Å². The number of benzene rings is 2. The van der Waals surface area contributed by atoms with Crippen LogP contribution in [0.15, 0.2) is 36.4 Å². The van der Waals surface area contributed by atoms with E-state index < -0.39 is 5.82 Å².